The number of benzene rings is 1. The van der Waals surface area contributed by atoms with Crippen LogP contribution in [0.1, 0.15) is 12.0 Å². The van der Waals surface area contributed by atoms with E-state index < -0.39 is 6.03 Å². The standard InChI is InChI=1S/C12H17N3O/c13-12(16)14-7-9-15-8-3-5-10-4-1-2-6-11(10)15/h1-2,4,6H,3,5,7-9H2,(H3,13,14,16). The maximum Gasteiger partial charge on any atom is 0.312 e. The minimum atomic E-state index is -0.453. The van der Waals surface area contributed by atoms with Crippen molar-refractivity contribution in [1.82, 2.24) is 5.32 Å². The van der Waals surface area contributed by atoms with E-state index in [4.69, 9.17) is 5.73 Å². The number of carbonyl (C=O) groups excluding carboxylic acids is 1. The number of urea groups is 1. The van der Waals surface area contributed by atoms with E-state index in [-0.39, 0.29) is 0 Å². The zero-order chi connectivity index (χ0) is 11.4. The van der Waals surface area contributed by atoms with Gasteiger partial charge in [0.1, 0.15) is 0 Å². The summed E-state index contributed by atoms with van der Waals surface area (Å²) >= 11 is 0. The van der Waals surface area contributed by atoms with Crippen molar-refractivity contribution in [3.05, 3.63) is 29.8 Å². The van der Waals surface area contributed by atoms with Crippen molar-refractivity contribution in [2.45, 2.75) is 12.8 Å². The van der Waals surface area contributed by atoms with Crippen LogP contribution in [0.4, 0.5) is 10.5 Å². The van der Waals surface area contributed by atoms with Crippen LogP contribution in [-0.4, -0.2) is 25.7 Å². The molecular weight excluding hydrogens is 202 g/mol. The van der Waals surface area contributed by atoms with E-state index >= 15 is 0 Å². The Labute approximate surface area is 95.4 Å². The molecule has 1 aromatic rings. The van der Waals surface area contributed by atoms with Gasteiger partial charge < -0.3 is 16.0 Å². The van der Waals surface area contributed by atoms with E-state index in [2.05, 4.69) is 34.5 Å². The third kappa shape index (κ3) is 2.45. The van der Waals surface area contributed by atoms with Gasteiger partial charge >= 0.3 is 6.03 Å². The zero-order valence-electron chi connectivity index (χ0n) is 9.28. The van der Waals surface area contributed by atoms with Crippen LogP contribution in [0.25, 0.3) is 0 Å². The molecule has 3 N–H and O–H groups in total. The van der Waals surface area contributed by atoms with Gasteiger partial charge in [-0.2, -0.15) is 0 Å². The lowest BCUT2D eigenvalue weighted by Gasteiger charge is -2.31. The molecule has 4 heteroatoms. The fraction of sp³-hybridized carbons (Fsp3) is 0.417. The second kappa shape index (κ2) is 4.88. The quantitative estimate of drug-likeness (QED) is 0.800. The summed E-state index contributed by atoms with van der Waals surface area (Å²) in [6.07, 6.45) is 2.32. The highest BCUT2D eigenvalue weighted by Crippen LogP contribution is 2.25. The van der Waals surface area contributed by atoms with E-state index in [0.717, 1.165) is 19.5 Å². The second-order valence-electron chi connectivity index (χ2n) is 4.01. The number of hydrogen-bond donors (Lipinski definition) is 2. The summed E-state index contributed by atoms with van der Waals surface area (Å²) in [4.78, 5) is 12.9. The van der Waals surface area contributed by atoms with Crippen LogP contribution in [0, 0.1) is 0 Å². The van der Waals surface area contributed by atoms with Crippen molar-refractivity contribution in [2.75, 3.05) is 24.5 Å². The average molecular weight is 219 g/mol. The molecule has 4 nitrogen and oxygen atoms in total. The molecule has 0 aromatic heterocycles. The number of anilines is 1. The van der Waals surface area contributed by atoms with E-state index in [9.17, 15) is 4.79 Å². The molecule has 0 saturated heterocycles. The van der Waals surface area contributed by atoms with Crippen molar-refractivity contribution in [3.63, 3.8) is 0 Å². The fourth-order valence-electron chi connectivity index (χ4n) is 2.16. The van der Waals surface area contributed by atoms with E-state index in [1.807, 2.05) is 0 Å². The fourth-order valence-corrected chi connectivity index (χ4v) is 2.16. The minimum absolute atomic E-state index is 0.453. The zero-order valence-corrected chi connectivity index (χ0v) is 9.28. The lowest BCUT2D eigenvalue weighted by molar-refractivity contribution is 0.249. The number of nitrogens with zero attached hydrogens (tertiary/aromatic N) is 1. The molecule has 86 valence electrons. The Morgan fingerprint density at radius 2 is 2.25 bits per heavy atom. The van der Waals surface area contributed by atoms with Gasteiger partial charge in [-0.25, -0.2) is 4.79 Å². The summed E-state index contributed by atoms with van der Waals surface area (Å²) in [5.41, 5.74) is 7.72. The highest BCUT2D eigenvalue weighted by atomic mass is 16.2. The Kier molecular flexibility index (Phi) is 3.29. The van der Waals surface area contributed by atoms with Crippen LogP contribution < -0.4 is 16.0 Å². The monoisotopic (exact) mass is 219 g/mol. The number of aryl methyl sites for hydroxylation is 1. The summed E-state index contributed by atoms with van der Waals surface area (Å²) in [7, 11) is 0. The average Bonchev–Trinajstić information content (AvgIpc) is 2.29. The van der Waals surface area contributed by atoms with Gasteiger partial charge in [-0.05, 0) is 24.5 Å². The van der Waals surface area contributed by atoms with Gasteiger partial charge in [0.25, 0.3) is 0 Å². The number of nitrogens with one attached hydrogen (secondary N) is 1. The molecule has 0 fully saturated rings. The van der Waals surface area contributed by atoms with Crippen molar-refractivity contribution in [3.8, 4) is 0 Å². The SMILES string of the molecule is NC(=O)NCCN1CCCc2ccccc21. The Morgan fingerprint density at radius 3 is 3.06 bits per heavy atom. The maximum absolute atomic E-state index is 10.6. The Bertz CT molecular complexity index is 378. The van der Waals surface area contributed by atoms with Crippen molar-refractivity contribution >= 4 is 11.7 Å². The Morgan fingerprint density at radius 1 is 1.44 bits per heavy atom. The molecule has 0 unspecified atom stereocenters. The Balaban J connectivity index is 1.99. The number of para-hydroxylation sites is 1. The summed E-state index contributed by atoms with van der Waals surface area (Å²) in [6.45, 7) is 2.47. The van der Waals surface area contributed by atoms with Crippen LogP contribution in [0.15, 0.2) is 24.3 Å². The highest BCUT2D eigenvalue weighted by molar-refractivity contribution is 5.71. The first-order valence-electron chi connectivity index (χ1n) is 5.63. The number of carbonyl (C=O) groups is 1. The molecule has 16 heavy (non-hydrogen) atoms. The highest BCUT2D eigenvalue weighted by Gasteiger charge is 2.15. The van der Waals surface area contributed by atoms with Gasteiger partial charge in [0.2, 0.25) is 0 Å². The largest absolute Gasteiger partial charge is 0.370 e. The second-order valence-corrected chi connectivity index (χ2v) is 4.01. The number of primary amides is 1. The molecule has 1 aliphatic heterocycles. The topological polar surface area (TPSA) is 58.4 Å². The molecule has 2 rings (SSSR count). The minimum Gasteiger partial charge on any atom is -0.370 e. The third-order valence-corrected chi connectivity index (χ3v) is 2.89. The first-order valence-corrected chi connectivity index (χ1v) is 5.63. The van der Waals surface area contributed by atoms with E-state index in [1.165, 1.54) is 17.7 Å². The molecule has 1 aromatic carbocycles. The van der Waals surface area contributed by atoms with Crippen LogP contribution >= 0.6 is 0 Å². The first-order chi connectivity index (χ1) is 7.77. The molecular formula is C12H17N3O. The third-order valence-electron chi connectivity index (χ3n) is 2.89. The van der Waals surface area contributed by atoms with Crippen LogP contribution in [-0.2, 0) is 6.42 Å². The molecule has 0 radical (unpaired) electrons. The molecule has 0 spiro atoms. The molecule has 1 aliphatic rings. The first kappa shape index (κ1) is 10.8. The predicted molar refractivity (Wildman–Crippen MR) is 64.6 cm³/mol. The molecule has 0 aliphatic carbocycles. The van der Waals surface area contributed by atoms with Gasteiger partial charge in [-0.1, -0.05) is 18.2 Å². The van der Waals surface area contributed by atoms with Gasteiger partial charge in [0.05, 0.1) is 0 Å². The van der Waals surface area contributed by atoms with Gasteiger partial charge in [-0.3, -0.25) is 0 Å². The van der Waals surface area contributed by atoms with Crippen LogP contribution in [0.3, 0.4) is 0 Å². The number of fused-ring (bicyclic) bond motifs is 1. The van der Waals surface area contributed by atoms with Gasteiger partial charge in [0.15, 0.2) is 0 Å². The number of hydrogen-bond acceptors (Lipinski definition) is 2. The van der Waals surface area contributed by atoms with Gasteiger partial charge in [0, 0.05) is 25.3 Å². The van der Waals surface area contributed by atoms with Gasteiger partial charge in [-0.15, -0.1) is 0 Å². The lowest BCUT2D eigenvalue weighted by atomic mass is 10.0. The van der Waals surface area contributed by atoms with E-state index in [0.29, 0.717) is 6.54 Å². The summed E-state index contributed by atoms with van der Waals surface area (Å²) in [5.74, 6) is 0. The van der Waals surface area contributed by atoms with E-state index in [1.54, 1.807) is 0 Å². The number of rotatable bonds is 3. The summed E-state index contributed by atoms with van der Waals surface area (Å²) < 4.78 is 0. The normalized spacial score (nSPS) is 14.4. The molecule has 1 heterocycles. The number of amides is 2. The molecule has 0 saturated carbocycles. The van der Waals surface area contributed by atoms with Crippen molar-refractivity contribution in [2.24, 2.45) is 5.73 Å². The molecule has 0 atom stereocenters. The predicted octanol–water partition coefficient (Wildman–Crippen LogP) is 1.11. The molecule has 2 amide bonds. The van der Waals surface area contributed by atoms with Crippen molar-refractivity contribution < 1.29 is 4.79 Å². The summed E-state index contributed by atoms with van der Waals surface area (Å²) in [6, 6.07) is 7.98. The van der Waals surface area contributed by atoms with Crippen molar-refractivity contribution in [1.29, 1.82) is 0 Å². The summed E-state index contributed by atoms with van der Waals surface area (Å²) in [5, 5.41) is 2.62. The van der Waals surface area contributed by atoms with Crippen LogP contribution in [0.5, 0.6) is 0 Å². The lowest BCUT2D eigenvalue weighted by Crippen LogP contribution is -2.39. The van der Waals surface area contributed by atoms with Crippen LogP contribution in [0.2, 0.25) is 0 Å². The smallest absolute Gasteiger partial charge is 0.312 e. The number of nitrogens with two attached hydrogens (primary N) is 1. The molecule has 0 bridgehead atoms. The Hall–Kier alpha value is -1.71. The maximum atomic E-state index is 10.6.